The number of carbonyl (C=O) groups is 2. The highest BCUT2D eigenvalue weighted by Crippen LogP contribution is 2.10. The van der Waals surface area contributed by atoms with E-state index in [9.17, 15) is 9.59 Å². The van der Waals surface area contributed by atoms with Gasteiger partial charge in [-0.2, -0.15) is 0 Å². The van der Waals surface area contributed by atoms with Crippen LogP contribution >= 0.6 is 0 Å². The molecule has 2 rings (SSSR count). The van der Waals surface area contributed by atoms with Gasteiger partial charge in [-0.3, -0.25) is 14.5 Å². The van der Waals surface area contributed by atoms with Gasteiger partial charge >= 0.3 is 0 Å². The molecule has 2 aliphatic heterocycles. The molecule has 2 fully saturated rings. The summed E-state index contributed by atoms with van der Waals surface area (Å²) < 4.78 is 5.33. The van der Waals surface area contributed by atoms with Crippen LogP contribution in [0.2, 0.25) is 0 Å². The molecular formula is C16H29N3O3. The zero-order valence-electron chi connectivity index (χ0n) is 13.8. The van der Waals surface area contributed by atoms with E-state index in [1.165, 1.54) is 12.8 Å². The Morgan fingerprint density at radius 1 is 1.00 bits per heavy atom. The number of likely N-dealkylation sites (tertiary alicyclic amines) is 1. The monoisotopic (exact) mass is 311 g/mol. The number of carbonyl (C=O) groups excluding carboxylic acids is 2. The molecule has 2 saturated heterocycles. The predicted octanol–water partition coefficient (Wildman–Crippen LogP) is 0.570. The summed E-state index contributed by atoms with van der Waals surface area (Å²) in [6.07, 6.45) is 4.58. The van der Waals surface area contributed by atoms with Crippen LogP contribution in [0.3, 0.4) is 0 Å². The van der Waals surface area contributed by atoms with Crippen LogP contribution in [-0.2, 0) is 14.3 Å². The summed E-state index contributed by atoms with van der Waals surface area (Å²) in [5, 5.41) is 0. The van der Waals surface area contributed by atoms with Gasteiger partial charge in [0.2, 0.25) is 11.8 Å². The fourth-order valence-corrected chi connectivity index (χ4v) is 3.02. The lowest BCUT2D eigenvalue weighted by Gasteiger charge is -2.30. The van der Waals surface area contributed by atoms with Crippen molar-refractivity contribution < 1.29 is 14.3 Å². The van der Waals surface area contributed by atoms with Crippen LogP contribution in [0.25, 0.3) is 0 Å². The van der Waals surface area contributed by atoms with Gasteiger partial charge in [0.1, 0.15) is 0 Å². The third kappa shape index (κ3) is 5.57. The van der Waals surface area contributed by atoms with Crippen LogP contribution in [-0.4, -0.2) is 85.5 Å². The van der Waals surface area contributed by atoms with Gasteiger partial charge in [0.25, 0.3) is 0 Å². The molecule has 0 saturated carbocycles. The van der Waals surface area contributed by atoms with Crippen molar-refractivity contribution in [3.8, 4) is 0 Å². The van der Waals surface area contributed by atoms with E-state index in [2.05, 4.69) is 4.90 Å². The molecule has 2 heterocycles. The van der Waals surface area contributed by atoms with Gasteiger partial charge in [-0.15, -0.1) is 0 Å². The average molecular weight is 311 g/mol. The molecule has 0 N–H and O–H groups in total. The smallest absolute Gasteiger partial charge is 0.242 e. The third-order valence-corrected chi connectivity index (χ3v) is 4.52. The molecule has 126 valence electrons. The van der Waals surface area contributed by atoms with Crippen molar-refractivity contribution in [3.63, 3.8) is 0 Å². The predicted molar refractivity (Wildman–Crippen MR) is 84.6 cm³/mol. The first-order valence-corrected chi connectivity index (χ1v) is 8.50. The van der Waals surface area contributed by atoms with E-state index in [0.29, 0.717) is 6.54 Å². The van der Waals surface area contributed by atoms with Gasteiger partial charge in [-0.05, 0) is 12.8 Å². The molecular weight excluding hydrogens is 282 g/mol. The van der Waals surface area contributed by atoms with Gasteiger partial charge in [0.15, 0.2) is 0 Å². The van der Waals surface area contributed by atoms with Crippen molar-refractivity contribution >= 4 is 11.8 Å². The Labute approximate surface area is 133 Å². The molecule has 6 heteroatoms. The number of amides is 2. The molecule has 0 bridgehead atoms. The molecule has 0 spiro atoms. The van der Waals surface area contributed by atoms with Gasteiger partial charge < -0.3 is 14.5 Å². The van der Waals surface area contributed by atoms with E-state index in [4.69, 9.17) is 4.74 Å². The summed E-state index contributed by atoms with van der Waals surface area (Å²) in [6.45, 7) is 8.22. The molecule has 0 aromatic carbocycles. The molecule has 0 aromatic rings. The van der Waals surface area contributed by atoms with Crippen LogP contribution in [0.15, 0.2) is 0 Å². The first-order chi connectivity index (χ1) is 10.7. The largest absolute Gasteiger partial charge is 0.379 e. The number of hydrogen-bond donors (Lipinski definition) is 0. The van der Waals surface area contributed by atoms with E-state index in [0.717, 1.165) is 58.8 Å². The highest BCUT2D eigenvalue weighted by atomic mass is 16.5. The van der Waals surface area contributed by atoms with Crippen molar-refractivity contribution in [3.05, 3.63) is 0 Å². The standard InChI is InChI=1S/C16H29N3O3/c1-15(20)19(9-8-17-10-12-22-13-11-17)14-16(21)18-6-4-2-3-5-7-18/h2-14H2,1H3. The van der Waals surface area contributed by atoms with E-state index in [-0.39, 0.29) is 18.4 Å². The minimum Gasteiger partial charge on any atom is -0.379 e. The van der Waals surface area contributed by atoms with Crippen molar-refractivity contribution in [2.45, 2.75) is 32.6 Å². The van der Waals surface area contributed by atoms with E-state index >= 15 is 0 Å². The zero-order chi connectivity index (χ0) is 15.8. The first-order valence-electron chi connectivity index (χ1n) is 8.50. The summed E-state index contributed by atoms with van der Waals surface area (Å²) in [5.41, 5.74) is 0. The Balaban J connectivity index is 1.79. The second-order valence-electron chi connectivity index (χ2n) is 6.19. The maximum atomic E-state index is 12.4. The summed E-state index contributed by atoms with van der Waals surface area (Å²) >= 11 is 0. The Bertz CT molecular complexity index is 362. The molecule has 0 radical (unpaired) electrons. The van der Waals surface area contributed by atoms with E-state index in [1.807, 2.05) is 4.90 Å². The van der Waals surface area contributed by atoms with Gasteiger partial charge in [0.05, 0.1) is 19.8 Å². The van der Waals surface area contributed by atoms with Crippen LogP contribution < -0.4 is 0 Å². The second-order valence-corrected chi connectivity index (χ2v) is 6.19. The first kappa shape index (κ1) is 17.2. The summed E-state index contributed by atoms with van der Waals surface area (Å²) in [6, 6.07) is 0. The summed E-state index contributed by atoms with van der Waals surface area (Å²) in [7, 11) is 0. The number of morpholine rings is 1. The lowest BCUT2D eigenvalue weighted by molar-refractivity contribution is -0.139. The summed E-state index contributed by atoms with van der Waals surface area (Å²) in [5.74, 6) is 0.0792. The molecule has 0 unspecified atom stereocenters. The Hall–Kier alpha value is -1.14. The van der Waals surface area contributed by atoms with E-state index < -0.39 is 0 Å². The molecule has 2 amide bonds. The highest BCUT2D eigenvalue weighted by molar-refractivity contribution is 5.83. The van der Waals surface area contributed by atoms with E-state index in [1.54, 1.807) is 11.8 Å². The van der Waals surface area contributed by atoms with Crippen LogP contribution in [0.1, 0.15) is 32.6 Å². The molecule has 0 aromatic heterocycles. The lowest BCUT2D eigenvalue weighted by Crippen LogP contribution is -2.46. The van der Waals surface area contributed by atoms with Crippen molar-refractivity contribution in [2.24, 2.45) is 0 Å². The third-order valence-electron chi connectivity index (χ3n) is 4.52. The second kappa shape index (κ2) is 9.10. The van der Waals surface area contributed by atoms with Crippen molar-refractivity contribution in [2.75, 3.05) is 59.0 Å². The number of hydrogen-bond acceptors (Lipinski definition) is 4. The quantitative estimate of drug-likeness (QED) is 0.745. The molecule has 6 nitrogen and oxygen atoms in total. The number of ether oxygens (including phenoxy) is 1. The summed E-state index contributed by atoms with van der Waals surface area (Å²) in [4.78, 5) is 30.1. The average Bonchev–Trinajstić information content (AvgIpc) is 2.81. The minimum atomic E-state index is -0.0172. The topological polar surface area (TPSA) is 53.1 Å². The fourth-order valence-electron chi connectivity index (χ4n) is 3.02. The molecule has 0 atom stereocenters. The maximum absolute atomic E-state index is 12.4. The van der Waals surface area contributed by atoms with Gasteiger partial charge in [-0.25, -0.2) is 0 Å². The maximum Gasteiger partial charge on any atom is 0.242 e. The number of nitrogens with zero attached hydrogens (tertiary/aromatic N) is 3. The zero-order valence-corrected chi connectivity index (χ0v) is 13.8. The highest BCUT2D eigenvalue weighted by Gasteiger charge is 2.21. The lowest BCUT2D eigenvalue weighted by atomic mass is 10.2. The SMILES string of the molecule is CC(=O)N(CCN1CCOCC1)CC(=O)N1CCCCCC1. The van der Waals surface area contributed by atoms with Crippen molar-refractivity contribution in [1.82, 2.24) is 14.7 Å². The Morgan fingerprint density at radius 2 is 1.64 bits per heavy atom. The van der Waals surface area contributed by atoms with Crippen molar-refractivity contribution in [1.29, 1.82) is 0 Å². The molecule has 2 aliphatic rings. The Morgan fingerprint density at radius 3 is 2.23 bits per heavy atom. The number of rotatable bonds is 5. The van der Waals surface area contributed by atoms with Crippen LogP contribution in [0.5, 0.6) is 0 Å². The van der Waals surface area contributed by atoms with Gasteiger partial charge in [-0.1, -0.05) is 12.8 Å². The normalized spacial score (nSPS) is 20.5. The van der Waals surface area contributed by atoms with Crippen LogP contribution in [0, 0.1) is 0 Å². The van der Waals surface area contributed by atoms with Crippen LogP contribution in [0.4, 0.5) is 0 Å². The minimum absolute atomic E-state index is 0.0172. The molecule has 22 heavy (non-hydrogen) atoms. The molecule has 0 aliphatic carbocycles. The Kier molecular flexibility index (Phi) is 7.12. The fraction of sp³-hybridized carbons (Fsp3) is 0.875. The van der Waals surface area contributed by atoms with Gasteiger partial charge in [0, 0.05) is 46.2 Å².